The van der Waals surface area contributed by atoms with E-state index >= 15 is 0 Å². The molecular formula is C17H21N3O3. The Morgan fingerprint density at radius 2 is 1.96 bits per heavy atom. The van der Waals surface area contributed by atoms with E-state index in [1.54, 1.807) is 0 Å². The first kappa shape index (κ1) is 15.4. The summed E-state index contributed by atoms with van der Waals surface area (Å²) in [5.74, 6) is 2.13. The van der Waals surface area contributed by atoms with Gasteiger partial charge in [0.1, 0.15) is 11.5 Å². The number of hydrogen-bond donors (Lipinski definition) is 2. The lowest BCUT2D eigenvalue weighted by Crippen LogP contribution is -2.46. The second-order valence-corrected chi connectivity index (χ2v) is 5.69. The molecule has 0 bridgehead atoms. The summed E-state index contributed by atoms with van der Waals surface area (Å²) in [5.41, 5.74) is 5.15. The molecule has 1 fully saturated rings. The maximum Gasteiger partial charge on any atom is 0.312 e. The number of urea groups is 1. The van der Waals surface area contributed by atoms with Gasteiger partial charge in [0.25, 0.3) is 5.95 Å². The summed E-state index contributed by atoms with van der Waals surface area (Å²) in [6.07, 6.45) is 1.80. The number of amides is 2. The smallest absolute Gasteiger partial charge is 0.312 e. The average molecular weight is 315 g/mol. The molecule has 3 rings (SSSR count). The summed E-state index contributed by atoms with van der Waals surface area (Å²) >= 11 is 0. The molecule has 1 aromatic carbocycles. The fourth-order valence-electron chi connectivity index (χ4n) is 2.76. The van der Waals surface area contributed by atoms with Crippen LogP contribution in [0.4, 0.5) is 4.79 Å². The molecule has 0 spiro atoms. The maximum atomic E-state index is 10.9. The molecule has 2 aromatic rings. The van der Waals surface area contributed by atoms with Crippen molar-refractivity contribution < 1.29 is 13.9 Å². The quantitative estimate of drug-likeness (QED) is 0.889. The number of hydrogen-bond acceptors (Lipinski definition) is 4. The minimum Gasteiger partial charge on any atom is -0.429 e. The summed E-state index contributed by atoms with van der Waals surface area (Å²) in [4.78, 5) is 13.2. The zero-order valence-corrected chi connectivity index (χ0v) is 12.9. The third-order valence-corrected chi connectivity index (χ3v) is 3.91. The van der Waals surface area contributed by atoms with Gasteiger partial charge in [-0.3, -0.25) is 4.90 Å². The number of primary amides is 1. The van der Waals surface area contributed by atoms with E-state index in [1.165, 1.54) is 0 Å². The van der Waals surface area contributed by atoms with E-state index in [0.29, 0.717) is 5.95 Å². The number of furan rings is 1. The summed E-state index contributed by atoms with van der Waals surface area (Å²) in [6, 6.07) is 13.1. The number of rotatable bonds is 5. The molecule has 0 saturated carbocycles. The van der Waals surface area contributed by atoms with Crippen LogP contribution in [0.2, 0.25) is 0 Å². The number of nitrogens with two attached hydrogens (primary N) is 1. The Hall–Kier alpha value is -2.47. The topological polar surface area (TPSA) is 80.7 Å². The average Bonchev–Trinajstić information content (AvgIpc) is 2.97. The Balaban J connectivity index is 1.49. The molecule has 0 unspecified atom stereocenters. The first-order valence-corrected chi connectivity index (χ1v) is 7.79. The van der Waals surface area contributed by atoms with Crippen LogP contribution in [0.15, 0.2) is 46.9 Å². The number of carbonyl (C=O) groups excluding carboxylic acids is 1. The fraction of sp³-hybridized carbons (Fsp3) is 0.353. The number of nitrogens with zero attached hydrogens (tertiary/aromatic N) is 1. The van der Waals surface area contributed by atoms with E-state index in [1.807, 2.05) is 42.5 Å². The van der Waals surface area contributed by atoms with Gasteiger partial charge in [0.2, 0.25) is 0 Å². The van der Waals surface area contributed by atoms with Crippen molar-refractivity contribution in [3.63, 3.8) is 0 Å². The van der Waals surface area contributed by atoms with Gasteiger partial charge in [-0.25, -0.2) is 4.79 Å². The van der Waals surface area contributed by atoms with Crippen molar-refractivity contribution >= 4 is 6.03 Å². The van der Waals surface area contributed by atoms with E-state index in [9.17, 15) is 4.79 Å². The molecule has 23 heavy (non-hydrogen) atoms. The fourth-order valence-corrected chi connectivity index (χ4v) is 2.76. The molecule has 2 heterocycles. The molecule has 1 aliphatic heterocycles. The molecule has 2 amide bonds. The number of para-hydroxylation sites is 1. The Bertz CT molecular complexity index is 634. The zero-order valence-electron chi connectivity index (χ0n) is 12.9. The van der Waals surface area contributed by atoms with Crippen molar-refractivity contribution in [1.82, 2.24) is 10.2 Å². The van der Waals surface area contributed by atoms with Crippen LogP contribution in [0, 0.1) is 0 Å². The highest BCUT2D eigenvalue weighted by atomic mass is 16.6. The van der Waals surface area contributed by atoms with Crippen LogP contribution in [-0.4, -0.2) is 30.1 Å². The molecule has 0 atom stereocenters. The van der Waals surface area contributed by atoms with E-state index in [-0.39, 0.29) is 6.04 Å². The highest BCUT2D eigenvalue weighted by Gasteiger charge is 2.20. The van der Waals surface area contributed by atoms with E-state index in [4.69, 9.17) is 14.9 Å². The summed E-state index contributed by atoms with van der Waals surface area (Å²) in [6.45, 7) is 2.54. The van der Waals surface area contributed by atoms with Gasteiger partial charge in [-0.2, -0.15) is 0 Å². The van der Waals surface area contributed by atoms with Crippen molar-refractivity contribution in [2.45, 2.75) is 25.4 Å². The van der Waals surface area contributed by atoms with Crippen LogP contribution < -0.4 is 15.8 Å². The molecular weight excluding hydrogens is 294 g/mol. The second-order valence-electron chi connectivity index (χ2n) is 5.69. The molecule has 1 aromatic heterocycles. The lowest BCUT2D eigenvalue weighted by molar-refractivity contribution is 0.175. The molecule has 1 aliphatic rings. The lowest BCUT2D eigenvalue weighted by Gasteiger charge is -2.31. The van der Waals surface area contributed by atoms with Crippen molar-refractivity contribution in [3.8, 4) is 11.7 Å². The lowest BCUT2D eigenvalue weighted by atomic mass is 10.1. The SMILES string of the molecule is NC(=O)NC1CCN(Cc2ccc(Oc3ccccc3)o2)CC1. The van der Waals surface area contributed by atoms with Crippen LogP contribution in [0.1, 0.15) is 18.6 Å². The molecule has 6 nitrogen and oxygen atoms in total. The number of nitrogens with one attached hydrogen (secondary N) is 1. The zero-order chi connectivity index (χ0) is 16.1. The van der Waals surface area contributed by atoms with Crippen LogP contribution >= 0.6 is 0 Å². The van der Waals surface area contributed by atoms with Crippen LogP contribution in [0.5, 0.6) is 11.7 Å². The number of benzene rings is 1. The van der Waals surface area contributed by atoms with Gasteiger partial charge in [0.15, 0.2) is 0 Å². The van der Waals surface area contributed by atoms with Crippen LogP contribution in [0.25, 0.3) is 0 Å². The third kappa shape index (κ3) is 4.50. The molecule has 1 saturated heterocycles. The first-order valence-electron chi connectivity index (χ1n) is 7.79. The molecule has 0 radical (unpaired) electrons. The second kappa shape index (κ2) is 7.19. The Morgan fingerprint density at radius 1 is 1.22 bits per heavy atom. The van der Waals surface area contributed by atoms with Crippen LogP contribution in [0.3, 0.4) is 0 Å². The van der Waals surface area contributed by atoms with Gasteiger partial charge in [0.05, 0.1) is 6.54 Å². The van der Waals surface area contributed by atoms with Gasteiger partial charge in [0, 0.05) is 25.2 Å². The molecule has 6 heteroatoms. The van der Waals surface area contributed by atoms with E-state index < -0.39 is 6.03 Å². The van der Waals surface area contributed by atoms with Crippen molar-refractivity contribution in [3.05, 3.63) is 48.2 Å². The van der Waals surface area contributed by atoms with Gasteiger partial charge >= 0.3 is 6.03 Å². The van der Waals surface area contributed by atoms with Crippen molar-refractivity contribution in [2.24, 2.45) is 5.73 Å². The summed E-state index contributed by atoms with van der Waals surface area (Å²) in [5, 5.41) is 2.77. The predicted molar refractivity (Wildman–Crippen MR) is 86.2 cm³/mol. The molecule has 3 N–H and O–H groups in total. The van der Waals surface area contributed by atoms with Crippen molar-refractivity contribution in [2.75, 3.05) is 13.1 Å². The molecule has 0 aliphatic carbocycles. The number of likely N-dealkylation sites (tertiary alicyclic amines) is 1. The standard InChI is InChI=1S/C17H21N3O3/c18-17(21)19-13-8-10-20(11-9-13)12-15-6-7-16(23-15)22-14-4-2-1-3-5-14/h1-7,13H,8-12H2,(H3,18,19,21). The monoisotopic (exact) mass is 315 g/mol. The Labute approximate surface area is 135 Å². The van der Waals surface area contributed by atoms with Gasteiger partial charge in [-0.15, -0.1) is 0 Å². The highest BCUT2D eigenvalue weighted by Crippen LogP contribution is 2.24. The van der Waals surface area contributed by atoms with Gasteiger partial charge < -0.3 is 20.2 Å². The number of carbonyl (C=O) groups is 1. The normalized spacial score (nSPS) is 16.2. The Kier molecular flexibility index (Phi) is 4.83. The Morgan fingerprint density at radius 3 is 2.65 bits per heavy atom. The number of piperidine rings is 1. The maximum absolute atomic E-state index is 10.9. The minimum absolute atomic E-state index is 0.178. The van der Waals surface area contributed by atoms with Gasteiger partial charge in [-0.05, 0) is 31.0 Å². The summed E-state index contributed by atoms with van der Waals surface area (Å²) in [7, 11) is 0. The van der Waals surface area contributed by atoms with Crippen LogP contribution in [-0.2, 0) is 6.54 Å². The first-order chi connectivity index (χ1) is 11.2. The van der Waals surface area contributed by atoms with E-state index in [0.717, 1.165) is 44.0 Å². The summed E-state index contributed by atoms with van der Waals surface area (Å²) < 4.78 is 11.4. The third-order valence-electron chi connectivity index (χ3n) is 3.91. The van der Waals surface area contributed by atoms with Crippen molar-refractivity contribution in [1.29, 1.82) is 0 Å². The minimum atomic E-state index is -0.447. The largest absolute Gasteiger partial charge is 0.429 e. The highest BCUT2D eigenvalue weighted by molar-refractivity contribution is 5.71. The molecule has 122 valence electrons. The predicted octanol–water partition coefficient (Wildman–Crippen LogP) is 2.70. The number of ether oxygens (including phenoxy) is 1. The van der Waals surface area contributed by atoms with E-state index in [2.05, 4.69) is 10.2 Å². The van der Waals surface area contributed by atoms with Gasteiger partial charge in [-0.1, -0.05) is 18.2 Å².